The predicted octanol–water partition coefficient (Wildman–Crippen LogP) is 8.16. The largest absolute Gasteiger partial charge is 0.423 e. The van der Waals surface area contributed by atoms with E-state index in [-0.39, 0.29) is 12.1 Å². The van der Waals surface area contributed by atoms with Crippen LogP contribution in [0.3, 0.4) is 0 Å². The number of aromatic nitrogens is 2. The maximum absolute atomic E-state index is 14.2. The number of unbranched alkanes of at least 4 members (excludes halogenated alkanes) is 1. The number of benzene rings is 2. The van der Waals surface area contributed by atoms with Crippen molar-refractivity contribution in [2.75, 3.05) is 27.3 Å². The number of ether oxygens (including phenoxy) is 1. The molecule has 0 saturated heterocycles. The third kappa shape index (κ3) is 12.6. The Labute approximate surface area is 253 Å². The molecule has 0 aliphatic heterocycles. The molecule has 6 nitrogen and oxygen atoms in total. The zero-order chi connectivity index (χ0) is 32.9. The highest BCUT2D eigenvalue weighted by Crippen LogP contribution is 2.41. The van der Waals surface area contributed by atoms with Gasteiger partial charge in [0.25, 0.3) is 0 Å². The molecule has 0 spiro atoms. The molecule has 0 saturated carbocycles. The molecular weight excluding hydrogens is 562 g/mol. The van der Waals surface area contributed by atoms with Gasteiger partial charge in [-0.15, -0.1) is 6.58 Å². The Morgan fingerprint density at radius 1 is 1.09 bits per heavy atom. The molecule has 0 bridgehead atoms. The van der Waals surface area contributed by atoms with Crippen LogP contribution in [-0.2, 0) is 15.1 Å². The van der Waals surface area contributed by atoms with E-state index in [9.17, 15) is 27.5 Å². The average molecular weight is 608 g/mol. The van der Waals surface area contributed by atoms with Gasteiger partial charge in [0.05, 0.1) is 23.9 Å². The summed E-state index contributed by atoms with van der Waals surface area (Å²) in [5, 5.41) is 15.6. The molecule has 1 atom stereocenters. The van der Waals surface area contributed by atoms with E-state index in [1.807, 2.05) is 20.8 Å². The smallest absolute Gasteiger partial charge is 0.388 e. The van der Waals surface area contributed by atoms with Crippen molar-refractivity contribution in [2.24, 2.45) is 0 Å². The predicted molar refractivity (Wildman–Crippen MR) is 167 cm³/mol. The van der Waals surface area contributed by atoms with Crippen molar-refractivity contribution in [3.63, 3.8) is 0 Å². The number of fused-ring (bicyclic) bond motifs is 1. The van der Waals surface area contributed by atoms with E-state index in [4.69, 9.17) is 0 Å². The fourth-order valence-electron chi connectivity index (χ4n) is 3.56. The highest BCUT2D eigenvalue weighted by Gasteiger charge is 2.55. The second-order valence-corrected chi connectivity index (χ2v) is 8.94. The molecule has 0 radical (unpaired) electrons. The van der Waals surface area contributed by atoms with Gasteiger partial charge in [0.2, 0.25) is 5.60 Å². The van der Waals surface area contributed by atoms with Gasteiger partial charge in [0.15, 0.2) is 0 Å². The lowest BCUT2D eigenvalue weighted by Crippen LogP contribution is -2.50. The minimum Gasteiger partial charge on any atom is -0.388 e. The number of methoxy groups -OCH3 is 1. The summed E-state index contributed by atoms with van der Waals surface area (Å²) in [5.41, 5.74) is -2.30. The Morgan fingerprint density at radius 2 is 1.72 bits per heavy atom. The first kappa shape index (κ1) is 39.2. The van der Waals surface area contributed by atoms with Crippen LogP contribution >= 0.6 is 0 Å². The van der Waals surface area contributed by atoms with E-state index in [1.165, 1.54) is 64.4 Å². The van der Waals surface area contributed by atoms with Crippen LogP contribution in [0.15, 0.2) is 85.7 Å². The number of hydrogen-bond donors (Lipinski definition) is 1. The summed E-state index contributed by atoms with van der Waals surface area (Å²) in [4.78, 5) is 10.8. The summed E-state index contributed by atoms with van der Waals surface area (Å²) < 4.78 is 61.5. The van der Waals surface area contributed by atoms with E-state index in [0.717, 1.165) is 12.7 Å². The van der Waals surface area contributed by atoms with Crippen molar-refractivity contribution in [1.82, 2.24) is 14.7 Å². The van der Waals surface area contributed by atoms with Crippen molar-refractivity contribution < 1.29 is 32.2 Å². The summed E-state index contributed by atoms with van der Waals surface area (Å²) >= 11 is 0. The fraction of sp³-hybridized carbons (Fsp3) is 0.394. The molecule has 0 fully saturated rings. The Morgan fingerprint density at radius 3 is 2.21 bits per heavy atom. The lowest BCUT2D eigenvalue weighted by Gasteiger charge is -2.35. The number of hydrogen-bond acceptors (Lipinski definition) is 5. The van der Waals surface area contributed by atoms with Gasteiger partial charge in [-0.2, -0.15) is 18.3 Å². The number of aliphatic hydroxyl groups is 1. The Hall–Kier alpha value is -3.76. The topological polar surface area (TPSA) is 67.6 Å². The Bertz CT molecular complexity index is 1250. The minimum atomic E-state index is -4.92. The monoisotopic (exact) mass is 607 g/mol. The molecule has 0 aliphatic rings. The normalized spacial score (nSPS) is 12.3. The van der Waals surface area contributed by atoms with Crippen molar-refractivity contribution in [3.8, 4) is 5.69 Å². The summed E-state index contributed by atoms with van der Waals surface area (Å²) in [7, 11) is 3.25. The molecular formula is C33H45F4N3O3. The second kappa shape index (κ2) is 21.0. The van der Waals surface area contributed by atoms with Gasteiger partial charge < -0.3 is 19.5 Å². The van der Waals surface area contributed by atoms with E-state index in [1.54, 1.807) is 45.4 Å². The minimum absolute atomic E-state index is 0.202. The van der Waals surface area contributed by atoms with Gasteiger partial charge in [-0.3, -0.25) is 0 Å². The second-order valence-electron chi connectivity index (χ2n) is 8.94. The van der Waals surface area contributed by atoms with Gasteiger partial charge in [0, 0.05) is 32.6 Å². The van der Waals surface area contributed by atoms with Crippen LogP contribution in [0.25, 0.3) is 16.6 Å². The summed E-state index contributed by atoms with van der Waals surface area (Å²) in [5.74, 6) is -0.405. The molecule has 10 heteroatoms. The van der Waals surface area contributed by atoms with Crippen LogP contribution in [0, 0.1) is 5.82 Å². The molecule has 2 aromatic carbocycles. The van der Waals surface area contributed by atoms with E-state index in [0.29, 0.717) is 29.4 Å². The van der Waals surface area contributed by atoms with E-state index >= 15 is 0 Å². The lowest BCUT2D eigenvalue weighted by molar-refractivity contribution is -0.269. The van der Waals surface area contributed by atoms with Crippen molar-refractivity contribution >= 4 is 17.2 Å². The van der Waals surface area contributed by atoms with Crippen LogP contribution in [0.1, 0.15) is 52.5 Å². The van der Waals surface area contributed by atoms with Gasteiger partial charge in [0.1, 0.15) is 12.1 Å². The first-order chi connectivity index (χ1) is 20.5. The number of rotatable bonds is 11. The number of carbonyl (C=O) groups excluding carboxylic acids is 1. The maximum atomic E-state index is 14.2. The Balaban J connectivity index is 0.00000155. The van der Waals surface area contributed by atoms with Gasteiger partial charge >= 0.3 is 6.18 Å². The fourth-order valence-corrected chi connectivity index (χ4v) is 3.56. The molecule has 0 aliphatic carbocycles. The number of halogens is 4. The van der Waals surface area contributed by atoms with E-state index < -0.39 is 24.1 Å². The van der Waals surface area contributed by atoms with Crippen LogP contribution in [0.5, 0.6) is 0 Å². The summed E-state index contributed by atoms with van der Waals surface area (Å²) in [6.07, 6.45) is 7.89. The molecule has 3 rings (SSSR count). The Kier molecular flexibility index (Phi) is 19.2. The highest BCUT2D eigenvalue weighted by molar-refractivity contribution is 5.81. The molecule has 1 unspecified atom stereocenters. The molecule has 0 amide bonds. The molecule has 1 heterocycles. The first-order valence-electron chi connectivity index (χ1n) is 14.0. The standard InChI is InChI=1S/C25H25F4N3O.C4H8O.C2H6O.C2H6/c1-3-5-7-15-31(14-6-4-2)18-24(33,25(27,28)29)20-8-13-23-19(16-20)17-30-32(23)22-11-9-21(26)10-12-22;1-2-3-4-5;1-3-2;1-2/h3-4,6-13,15-17,33H,1,5,14,18H2,2H3;4H,2-3H2,1H3;1-2H3;1-2H3/b6-4-,15-7-;;;. The number of alkyl halides is 3. The third-order valence-electron chi connectivity index (χ3n) is 5.62. The molecule has 1 aromatic heterocycles. The SMILES string of the molecule is C=CC/C=C\N(C/C=C\C)CC(O)(c1ccc2c(cnn2-c2ccc(F)cc2)c1)C(F)(F)F.CC.CCCC=O.COC. The van der Waals surface area contributed by atoms with Crippen LogP contribution in [0.4, 0.5) is 17.6 Å². The molecule has 3 aromatic rings. The van der Waals surface area contributed by atoms with Crippen LogP contribution in [-0.4, -0.2) is 59.6 Å². The lowest BCUT2D eigenvalue weighted by atomic mass is 9.91. The summed E-state index contributed by atoms with van der Waals surface area (Å²) in [6, 6.07) is 9.61. The van der Waals surface area contributed by atoms with Crippen molar-refractivity contribution in [2.45, 2.75) is 58.7 Å². The molecule has 238 valence electrons. The first-order valence-corrected chi connectivity index (χ1v) is 14.0. The van der Waals surface area contributed by atoms with Gasteiger partial charge in [-0.25, -0.2) is 9.07 Å². The molecule has 1 N–H and O–H groups in total. The third-order valence-corrected chi connectivity index (χ3v) is 5.62. The number of carbonyl (C=O) groups is 1. The number of aldehydes is 1. The molecule has 43 heavy (non-hydrogen) atoms. The number of allylic oxidation sites excluding steroid dienone is 3. The quantitative estimate of drug-likeness (QED) is 0.135. The highest BCUT2D eigenvalue weighted by atomic mass is 19.4. The van der Waals surface area contributed by atoms with Gasteiger partial charge in [-0.1, -0.05) is 51.1 Å². The zero-order valence-corrected chi connectivity index (χ0v) is 25.9. The average Bonchev–Trinajstić information content (AvgIpc) is 3.41. The van der Waals surface area contributed by atoms with Crippen LogP contribution in [0.2, 0.25) is 0 Å². The zero-order valence-electron chi connectivity index (χ0n) is 25.9. The van der Waals surface area contributed by atoms with Crippen molar-refractivity contribution in [3.05, 3.63) is 97.1 Å². The van der Waals surface area contributed by atoms with E-state index in [2.05, 4.69) is 16.4 Å². The van der Waals surface area contributed by atoms with Gasteiger partial charge in [-0.05, 0) is 67.9 Å². The number of nitrogens with zero attached hydrogens (tertiary/aromatic N) is 3. The van der Waals surface area contributed by atoms with Crippen molar-refractivity contribution in [1.29, 1.82) is 0 Å². The van der Waals surface area contributed by atoms with Crippen LogP contribution < -0.4 is 0 Å². The summed E-state index contributed by atoms with van der Waals surface area (Å²) in [6.45, 7) is 10.9. The maximum Gasteiger partial charge on any atom is 0.423 e.